The molecule has 0 aromatic carbocycles. The van der Waals surface area contributed by atoms with Gasteiger partial charge in [-0.15, -0.1) is 0 Å². The second-order valence-corrected chi connectivity index (χ2v) is 5.53. The quantitative estimate of drug-likeness (QED) is 0.218. The monoisotopic (exact) mass is 350 g/mol. The normalized spacial score (nSPS) is 12.3. The molecular formula is C14H30N4O6. The average Bonchev–Trinajstić information content (AvgIpc) is 2.46. The number of amides is 4. The molecule has 1 atom stereocenters. The minimum Gasteiger partial charge on any atom is -0.394 e. The zero-order valence-corrected chi connectivity index (χ0v) is 14.8. The lowest BCUT2D eigenvalue weighted by Gasteiger charge is -2.31. The van der Waals surface area contributed by atoms with Crippen molar-refractivity contribution in [1.82, 2.24) is 15.7 Å². The molecule has 0 aromatic rings. The van der Waals surface area contributed by atoms with E-state index in [1.807, 2.05) is 27.7 Å². The van der Waals surface area contributed by atoms with Crippen LogP contribution in [0.15, 0.2) is 0 Å². The predicted molar refractivity (Wildman–Crippen MR) is 87.0 cm³/mol. The maximum Gasteiger partial charge on any atom is 0.341 e. The molecule has 0 spiro atoms. The molecule has 0 aliphatic rings. The summed E-state index contributed by atoms with van der Waals surface area (Å²) in [6.45, 7) is 8.17. The van der Waals surface area contributed by atoms with Crippen molar-refractivity contribution in [1.29, 1.82) is 0 Å². The van der Waals surface area contributed by atoms with Crippen LogP contribution in [-0.2, 0) is 14.3 Å². The Morgan fingerprint density at radius 2 is 1.67 bits per heavy atom. The van der Waals surface area contributed by atoms with Gasteiger partial charge in [0.05, 0.1) is 33.0 Å². The van der Waals surface area contributed by atoms with Gasteiger partial charge in [0.15, 0.2) is 6.23 Å². The van der Waals surface area contributed by atoms with Crippen LogP contribution in [0.3, 0.4) is 0 Å². The summed E-state index contributed by atoms with van der Waals surface area (Å²) in [6, 6.07) is -1.27. The van der Waals surface area contributed by atoms with E-state index < -0.39 is 18.3 Å². The van der Waals surface area contributed by atoms with Gasteiger partial charge in [0.2, 0.25) is 0 Å². The van der Waals surface area contributed by atoms with Crippen LogP contribution in [-0.4, -0.2) is 73.4 Å². The highest BCUT2D eigenvalue weighted by molar-refractivity contribution is 5.74. The summed E-state index contributed by atoms with van der Waals surface area (Å²) in [5, 5.41) is 10.9. The van der Waals surface area contributed by atoms with Gasteiger partial charge < -0.3 is 30.5 Å². The molecule has 142 valence electrons. The van der Waals surface area contributed by atoms with E-state index in [0.29, 0.717) is 0 Å². The van der Waals surface area contributed by atoms with Crippen molar-refractivity contribution < 1.29 is 29.0 Å². The third-order valence-corrected chi connectivity index (χ3v) is 2.82. The summed E-state index contributed by atoms with van der Waals surface area (Å²) in [7, 11) is 0. The second-order valence-electron chi connectivity index (χ2n) is 5.53. The first-order chi connectivity index (χ1) is 11.3. The first kappa shape index (κ1) is 22.4. The van der Waals surface area contributed by atoms with Gasteiger partial charge in [-0.1, -0.05) is 0 Å². The van der Waals surface area contributed by atoms with Gasteiger partial charge in [0.1, 0.15) is 0 Å². The fraction of sp³-hybridized carbons (Fsp3) is 0.857. The van der Waals surface area contributed by atoms with Gasteiger partial charge in [-0.25, -0.2) is 19.9 Å². The molecule has 10 nitrogen and oxygen atoms in total. The predicted octanol–water partition coefficient (Wildman–Crippen LogP) is -0.234. The molecule has 0 radical (unpaired) electrons. The van der Waals surface area contributed by atoms with E-state index in [1.54, 1.807) is 4.90 Å². The molecule has 0 aliphatic carbocycles. The molecule has 0 heterocycles. The Bertz CT molecular complexity index is 359. The number of hydrogen-bond acceptors (Lipinski definition) is 6. The third-order valence-electron chi connectivity index (χ3n) is 2.82. The van der Waals surface area contributed by atoms with Crippen LogP contribution < -0.4 is 16.5 Å². The fourth-order valence-electron chi connectivity index (χ4n) is 1.98. The number of hydrogen-bond donors (Lipinski definition) is 4. The molecule has 4 amide bonds. The van der Waals surface area contributed by atoms with Crippen LogP contribution in [0.2, 0.25) is 0 Å². The summed E-state index contributed by atoms with van der Waals surface area (Å²) in [5.74, 6) is 0. The van der Waals surface area contributed by atoms with Gasteiger partial charge in [0.25, 0.3) is 0 Å². The number of nitrogens with one attached hydrogen (secondary N) is 2. The number of aliphatic hydroxyl groups excluding tert-OH is 1. The largest absolute Gasteiger partial charge is 0.394 e. The first-order valence-corrected chi connectivity index (χ1v) is 7.85. The van der Waals surface area contributed by atoms with Crippen LogP contribution >= 0.6 is 0 Å². The minimum atomic E-state index is -0.939. The van der Waals surface area contributed by atoms with E-state index >= 15 is 0 Å². The van der Waals surface area contributed by atoms with Crippen molar-refractivity contribution >= 4 is 12.1 Å². The van der Waals surface area contributed by atoms with Crippen LogP contribution in [0.5, 0.6) is 0 Å². The molecule has 0 bridgehead atoms. The maximum atomic E-state index is 12.1. The molecule has 0 fully saturated rings. The number of urea groups is 2. The molecule has 0 saturated heterocycles. The number of nitrogens with two attached hydrogens (primary N) is 1. The molecule has 0 aliphatic heterocycles. The topological polar surface area (TPSA) is 135 Å². The zero-order chi connectivity index (χ0) is 18.5. The van der Waals surface area contributed by atoms with Crippen molar-refractivity contribution in [2.75, 3.05) is 33.0 Å². The summed E-state index contributed by atoms with van der Waals surface area (Å²) >= 11 is 0. The lowest BCUT2D eigenvalue weighted by molar-refractivity contribution is -0.0743. The fourth-order valence-corrected chi connectivity index (χ4v) is 1.98. The maximum absolute atomic E-state index is 12.1. The molecule has 0 rings (SSSR count). The molecule has 5 N–H and O–H groups in total. The van der Waals surface area contributed by atoms with Gasteiger partial charge in [-0.05, 0) is 27.7 Å². The van der Waals surface area contributed by atoms with Crippen LogP contribution in [0, 0.1) is 0 Å². The van der Waals surface area contributed by atoms with Gasteiger partial charge in [-0.3, -0.25) is 0 Å². The van der Waals surface area contributed by atoms with Crippen molar-refractivity contribution in [2.24, 2.45) is 5.73 Å². The number of nitrogens with zero attached hydrogens (tertiary/aromatic N) is 1. The first-order valence-electron chi connectivity index (χ1n) is 7.85. The van der Waals surface area contributed by atoms with Crippen molar-refractivity contribution in [3.05, 3.63) is 0 Å². The molecule has 24 heavy (non-hydrogen) atoms. The van der Waals surface area contributed by atoms with E-state index in [9.17, 15) is 9.59 Å². The molecule has 1 unspecified atom stereocenters. The summed E-state index contributed by atoms with van der Waals surface area (Å²) < 4.78 is 10.3. The Labute approximate surface area is 142 Å². The third kappa shape index (κ3) is 10.2. The van der Waals surface area contributed by atoms with Crippen molar-refractivity contribution in [3.63, 3.8) is 0 Å². The Morgan fingerprint density at radius 3 is 2.17 bits per heavy atom. The number of aliphatic hydroxyl groups is 1. The standard InChI is InChI=1S/C14H30N4O6/c1-10(2)18(11(3)4)14(21)17-24-12(16-13(15)20)9-23-8-7-22-6-5-19/h10-12,19H,5-9H2,1-4H3,(H,17,21)(H3,15,16,20). The second kappa shape index (κ2) is 12.8. The number of hydroxylamine groups is 1. The lowest BCUT2D eigenvalue weighted by atomic mass is 10.2. The Hall–Kier alpha value is -1.62. The number of ether oxygens (including phenoxy) is 2. The number of carbonyl (C=O) groups is 2. The molecule has 10 heteroatoms. The van der Waals surface area contributed by atoms with E-state index in [1.165, 1.54) is 0 Å². The van der Waals surface area contributed by atoms with E-state index in [2.05, 4.69) is 10.8 Å². The number of carbonyl (C=O) groups excluding carboxylic acids is 2. The summed E-state index contributed by atoms with van der Waals surface area (Å²) in [5.41, 5.74) is 7.35. The SMILES string of the molecule is CC(C)N(C(=O)NOC(COCCOCCO)NC(N)=O)C(C)C. The smallest absolute Gasteiger partial charge is 0.341 e. The molecular weight excluding hydrogens is 320 g/mol. The van der Waals surface area contributed by atoms with Crippen LogP contribution in [0.1, 0.15) is 27.7 Å². The zero-order valence-electron chi connectivity index (χ0n) is 14.8. The van der Waals surface area contributed by atoms with E-state index in [4.69, 9.17) is 25.2 Å². The van der Waals surface area contributed by atoms with Crippen LogP contribution in [0.4, 0.5) is 9.59 Å². The van der Waals surface area contributed by atoms with Gasteiger partial charge in [-0.2, -0.15) is 0 Å². The number of primary amides is 1. The summed E-state index contributed by atoms with van der Waals surface area (Å²) in [4.78, 5) is 29.9. The van der Waals surface area contributed by atoms with Gasteiger partial charge >= 0.3 is 12.1 Å². The Morgan fingerprint density at radius 1 is 1.08 bits per heavy atom. The summed E-state index contributed by atoms with van der Waals surface area (Å²) in [6.07, 6.45) is -0.939. The Balaban J connectivity index is 4.31. The van der Waals surface area contributed by atoms with Crippen molar-refractivity contribution in [2.45, 2.75) is 46.0 Å². The average molecular weight is 350 g/mol. The molecule has 0 saturated carbocycles. The highest BCUT2D eigenvalue weighted by Gasteiger charge is 2.22. The lowest BCUT2D eigenvalue weighted by Crippen LogP contribution is -2.52. The number of rotatable bonds is 12. The van der Waals surface area contributed by atoms with Crippen molar-refractivity contribution in [3.8, 4) is 0 Å². The van der Waals surface area contributed by atoms with Gasteiger partial charge in [0, 0.05) is 12.1 Å². The van der Waals surface area contributed by atoms with Crippen LogP contribution in [0.25, 0.3) is 0 Å². The highest BCUT2D eigenvalue weighted by Crippen LogP contribution is 2.05. The van der Waals surface area contributed by atoms with E-state index in [0.717, 1.165) is 0 Å². The van der Waals surface area contributed by atoms with E-state index in [-0.39, 0.29) is 45.1 Å². The Kier molecular flexibility index (Phi) is 11.9. The minimum absolute atomic E-state index is 0.0175. The molecule has 0 aromatic heterocycles. The highest BCUT2D eigenvalue weighted by atomic mass is 16.7.